The van der Waals surface area contributed by atoms with Crippen LogP contribution in [0.15, 0.2) is 48.5 Å². The number of ether oxygens (including phenoxy) is 1. The summed E-state index contributed by atoms with van der Waals surface area (Å²) in [7, 11) is -3.58. The summed E-state index contributed by atoms with van der Waals surface area (Å²) in [5, 5.41) is 0. The van der Waals surface area contributed by atoms with Crippen LogP contribution < -0.4 is 0 Å². The Morgan fingerprint density at radius 1 is 1.19 bits per heavy atom. The van der Waals surface area contributed by atoms with Gasteiger partial charge >= 0.3 is 0 Å². The molecule has 0 spiro atoms. The lowest BCUT2D eigenvalue weighted by Gasteiger charge is -2.44. The maximum absolute atomic E-state index is 14.1. The van der Waals surface area contributed by atoms with Crippen LogP contribution in [0.5, 0.6) is 0 Å². The maximum Gasteiger partial charge on any atom is 0.218 e. The molecular formula is C20H24FNO3S. The normalized spacial score (nSPS) is 20.8. The Morgan fingerprint density at radius 3 is 2.62 bits per heavy atom. The molecular weight excluding hydrogens is 353 g/mol. The molecule has 2 aromatic carbocycles. The first-order valence-corrected chi connectivity index (χ1v) is 10.2. The molecule has 1 aliphatic rings. The number of halogens is 1. The lowest BCUT2D eigenvalue weighted by molar-refractivity contribution is -0.0668. The first-order chi connectivity index (χ1) is 12.2. The van der Waals surface area contributed by atoms with Crippen molar-refractivity contribution >= 4 is 10.0 Å². The Balaban J connectivity index is 1.88. The zero-order chi connectivity index (χ0) is 18.9. The number of benzene rings is 2. The molecule has 4 nitrogen and oxygen atoms in total. The average molecular weight is 377 g/mol. The van der Waals surface area contributed by atoms with E-state index in [1.54, 1.807) is 18.2 Å². The van der Waals surface area contributed by atoms with E-state index < -0.39 is 21.7 Å². The monoisotopic (exact) mass is 377 g/mol. The highest BCUT2D eigenvalue weighted by atomic mass is 32.2. The van der Waals surface area contributed by atoms with E-state index in [0.29, 0.717) is 5.56 Å². The summed E-state index contributed by atoms with van der Waals surface area (Å²) in [5.41, 5.74) is 1.46. The molecule has 0 saturated carbocycles. The minimum absolute atomic E-state index is 0.0812. The van der Waals surface area contributed by atoms with Gasteiger partial charge in [0.2, 0.25) is 10.0 Å². The van der Waals surface area contributed by atoms with E-state index in [2.05, 4.69) is 0 Å². The molecule has 1 atom stereocenters. The van der Waals surface area contributed by atoms with Crippen molar-refractivity contribution in [3.05, 3.63) is 71.0 Å². The Kier molecular flexibility index (Phi) is 5.19. The van der Waals surface area contributed by atoms with Crippen LogP contribution in [0.4, 0.5) is 4.39 Å². The summed E-state index contributed by atoms with van der Waals surface area (Å²) in [5.74, 6) is -0.463. The molecule has 1 heterocycles. The first-order valence-electron chi connectivity index (χ1n) is 8.61. The van der Waals surface area contributed by atoms with Crippen molar-refractivity contribution in [2.75, 3.05) is 13.2 Å². The summed E-state index contributed by atoms with van der Waals surface area (Å²) in [6.45, 7) is 5.90. The molecule has 0 aliphatic carbocycles. The summed E-state index contributed by atoms with van der Waals surface area (Å²) in [4.78, 5) is 0. The molecule has 0 aromatic heterocycles. The van der Waals surface area contributed by atoms with Gasteiger partial charge in [0.15, 0.2) is 0 Å². The van der Waals surface area contributed by atoms with E-state index >= 15 is 0 Å². The molecule has 0 amide bonds. The summed E-state index contributed by atoms with van der Waals surface area (Å²) in [6, 6.07) is 13.8. The predicted molar refractivity (Wildman–Crippen MR) is 99.7 cm³/mol. The Hall–Kier alpha value is -1.76. The molecule has 26 heavy (non-hydrogen) atoms. The lowest BCUT2D eigenvalue weighted by Crippen LogP contribution is -2.56. The van der Waals surface area contributed by atoms with E-state index in [-0.39, 0.29) is 24.7 Å². The smallest absolute Gasteiger partial charge is 0.218 e. The van der Waals surface area contributed by atoms with Gasteiger partial charge in [-0.15, -0.1) is 0 Å². The topological polar surface area (TPSA) is 46.6 Å². The van der Waals surface area contributed by atoms with Crippen molar-refractivity contribution in [3.8, 4) is 0 Å². The van der Waals surface area contributed by atoms with Crippen molar-refractivity contribution in [2.45, 2.75) is 38.2 Å². The van der Waals surface area contributed by atoms with Crippen LogP contribution in [-0.4, -0.2) is 31.4 Å². The zero-order valence-electron chi connectivity index (χ0n) is 15.3. The zero-order valence-corrected chi connectivity index (χ0v) is 16.1. The number of nitrogens with zero attached hydrogens (tertiary/aromatic N) is 1. The Labute approximate surface area is 154 Å². The third kappa shape index (κ3) is 3.98. The minimum Gasteiger partial charge on any atom is -0.370 e. The van der Waals surface area contributed by atoms with Crippen LogP contribution >= 0.6 is 0 Å². The molecule has 1 saturated heterocycles. The highest BCUT2D eigenvalue weighted by molar-refractivity contribution is 7.88. The second-order valence-electron chi connectivity index (χ2n) is 7.41. The van der Waals surface area contributed by atoms with Crippen LogP contribution in [0.3, 0.4) is 0 Å². The highest BCUT2D eigenvalue weighted by Crippen LogP contribution is 2.34. The van der Waals surface area contributed by atoms with Crippen LogP contribution in [0.1, 0.15) is 36.6 Å². The van der Waals surface area contributed by atoms with Gasteiger partial charge in [-0.2, -0.15) is 4.31 Å². The quantitative estimate of drug-likeness (QED) is 0.814. The summed E-state index contributed by atoms with van der Waals surface area (Å²) in [6.07, 6.45) is -0.614. The van der Waals surface area contributed by atoms with Gasteiger partial charge in [-0.3, -0.25) is 0 Å². The predicted octanol–water partition coefficient (Wildman–Crippen LogP) is 3.82. The van der Waals surface area contributed by atoms with Gasteiger partial charge in [0, 0.05) is 12.1 Å². The van der Waals surface area contributed by atoms with Gasteiger partial charge in [0.25, 0.3) is 0 Å². The number of rotatable bonds is 4. The molecule has 1 fully saturated rings. The van der Waals surface area contributed by atoms with Crippen LogP contribution in [-0.2, 0) is 20.5 Å². The number of morpholine rings is 1. The average Bonchev–Trinajstić information content (AvgIpc) is 2.55. The summed E-state index contributed by atoms with van der Waals surface area (Å²) >= 11 is 0. The van der Waals surface area contributed by atoms with Gasteiger partial charge in [0.1, 0.15) is 5.82 Å². The van der Waals surface area contributed by atoms with Crippen molar-refractivity contribution in [3.63, 3.8) is 0 Å². The van der Waals surface area contributed by atoms with E-state index in [0.717, 1.165) is 11.1 Å². The van der Waals surface area contributed by atoms with Crippen LogP contribution in [0.25, 0.3) is 0 Å². The Bertz CT molecular complexity index is 895. The second-order valence-corrected chi connectivity index (χ2v) is 9.30. The van der Waals surface area contributed by atoms with Gasteiger partial charge in [0.05, 0.1) is 24.0 Å². The number of aryl methyl sites for hydroxylation is 1. The van der Waals surface area contributed by atoms with Crippen LogP contribution in [0, 0.1) is 12.7 Å². The van der Waals surface area contributed by atoms with Crippen molar-refractivity contribution in [2.24, 2.45) is 0 Å². The Morgan fingerprint density at radius 2 is 1.92 bits per heavy atom. The molecule has 1 unspecified atom stereocenters. The van der Waals surface area contributed by atoms with E-state index in [1.807, 2.05) is 45.0 Å². The second kappa shape index (κ2) is 7.10. The first kappa shape index (κ1) is 19.0. The van der Waals surface area contributed by atoms with E-state index in [4.69, 9.17) is 4.74 Å². The van der Waals surface area contributed by atoms with Crippen molar-refractivity contribution in [1.82, 2.24) is 4.31 Å². The van der Waals surface area contributed by atoms with E-state index in [1.165, 1.54) is 10.4 Å². The van der Waals surface area contributed by atoms with E-state index in [9.17, 15) is 12.8 Å². The summed E-state index contributed by atoms with van der Waals surface area (Å²) < 4.78 is 47.6. The number of hydrogen-bond acceptors (Lipinski definition) is 3. The lowest BCUT2D eigenvalue weighted by atomic mass is 10.0. The van der Waals surface area contributed by atoms with Gasteiger partial charge in [-0.25, -0.2) is 12.8 Å². The highest BCUT2D eigenvalue weighted by Gasteiger charge is 2.43. The number of hydrogen-bond donors (Lipinski definition) is 0. The molecule has 140 valence electrons. The fraction of sp³-hybridized carbons (Fsp3) is 0.400. The molecule has 0 N–H and O–H groups in total. The maximum atomic E-state index is 14.1. The molecule has 0 bridgehead atoms. The third-order valence-corrected chi connectivity index (χ3v) is 6.68. The van der Waals surface area contributed by atoms with Gasteiger partial charge < -0.3 is 4.74 Å². The largest absolute Gasteiger partial charge is 0.370 e. The van der Waals surface area contributed by atoms with Crippen molar-refractivity contribution < 1.29 is 17.5 Å². The third-order valence-electron chi connectivity index (χ3n) is 4.66. The minimum atomic E-state index is -3.58. The van der Waals surface area contributed by atoms with Gasteiger partial charge in [-0.1, -0.05) is 48.0 Å². The molecule has 2 aromatic rings. The fourth-order valence-electron chi connectivity index (χ4n) is 3.33. The standard InChI is InChI=1S/C20H24FNO3S/c1-15-7-6-8-16(11-15)13-26(23,24)22-12-19(25-14-20(22,2)3)17-9-4-5-10-18(17)21/h4-11,19H,12-14H2,1-3H3. The van der Waals surface area contributed by atoms with Crippen LogP contribution in [0.2, 0.25) is 0 Å². The molecule has 0 radical (unpaired) electrons. The molecule has 6 heteroatoms. The molecule has 1 aliphatic heterocycles. The van der Waals surface area contributed by atoms with Crippen molar-refractivity contribution in [1.29, 1.82) is 0 Å². The van der Waals surface area contributed by atoms with Gasteiger partial charge in [-0.05, 0) is 32.4 Å². The fourth-order valence-corrected chi connectivity index (χ4v) is 5.26. The molecule has 3 rings (SSSR count). The SMILES string of the molecule is Cc1cccc(CS(=O)(=O)N2CC(c3ccccc3F)OCC2(C)C)c1. The number of sulfonamides is 1.